The van der Waals surface area contributed by atoms with Gasteiger partial charge < -0.3 is 15.0 Å². The van der Waals surface area contributed by atoms with Gasteiger partial charge in [0, 0.05) is 24.6 Å². The van der Waals surface area contributed by atoms with Gasteiger partial charge in [-0.05, 0) is 44.5 Å². The lowest BCUT2D eigenvalue weighted by Gasteiger charge is -2.39. The van der Waals surface area contributed by atoms with Crippen molar-refractivity contribution >= 4 is 0 Å². The van der Waals surface area contributed by atoms with Crippen LogP contribution in [-0.4, -0.2) is 38.2 Å². The molecular weight excluding hydrogens is 248 g/mol. The van der Waals surface area contributed by atoms with E-state index in [2.05, 4.69) is 48.5 Å². The number of nitrogens with zero attached hydrogens (tertiary/aromatic N) is 1. The zero-order chi connectivity index (χ0) is 14.0. The molecule has 2 aliphatic heterocycles. The summed E-state index contributed by atoms with van der Waals surface area (Å²) in [5, 5.41) is 3.80. The van der Waals surface area contributed by atoms with E-state index in [1.165, 1.54) is 31.5 Å². The molecule has 0 radical (unpaired) electrons. The van der Waals surface area contributed by atoms with Crippen LogP contribution in [0.5, 0.6) is 5.75 Å². The smallest absolute Gasteiger partial charge is 0.124 e. The largest absolute Gasteiger partial charge is 0.493 e. The van der Waals surface area contributed by atoms with Crippen molar-refractivity contribution in [2.45, 2.75) is 32.2 Å². The van der Waals surface area contributed by atoms with Crippen molar-refractivity contribution < 1.29 is 4.74 Å². The minimum Gasteiger partial charge on any atom is -0.493 e. The molecule has 1 fully saturated rings. The third kappa shape index (κ3) is 2.99. The van der Waals surface area contributed by atoms with Gasteiger partial charge in [0.25, 0.3) is 0 Å². The number of piperidine rings is 1. The molecule has 0 aromatic heterocycles. The summed E-state index contributed by atoms with van der Waals surface area (Å²) < 4.78 is 5.74. The molecule has 0 saturated carbocycles. The van der Waals surface area contributed by atoms with E-state index in [1.54, 1.807) is 0 Å². The molecule has 1 N–H and O–H groups in total. The van der Waals surface area contributed by atoms with E-state index in [0.29, 0.717) is 11.5 Å². The Balaban J connectivity index is 1.62. The molecule has 0 amide bonds. The maximum absolute atomic E-state index is 5.74. The summed E-state index contributed by atoms with van der Waals surface area (Å²) >= 11 is 0. The molecule has 3 rings (SSSR count). The van der Waals surface area contributed by atoms with Crippen molar-refractivity contribution in [2.75, 3.05) is 33.3 Å². The Bertz CT molecular complexity index is 452. The summed E-state index contributed by atoms with van der Waals surface area (Å²) in [5.74, 6) is 1.06. The fourth-order valence-corrected chi connectivity index (χ4v) is 3.26. The number of rotatable bonds is 3. The van der Waals surface area contributed by atoms with Gasteiger partial charge in [0.15, 0.2) is 0 Å². The van der Waals surface area contributed by atoms with Crippen molar-refractivity contribution in [2.24, 2.45) is 5.41 Å². The first-order valence-corrected chi connectivity index (χ1v) is 7.80. The zero-order valence-corrected chi connectivity index (χ0v) is 12.7. The van der Waals surface area contributed by atoms with Crippen LogP contribution in [0.3, 0.4) is 0 Å². The van der Waals surface area contributed by atoms with E-state index in [-0.39, 0.29) is 0 Å². The molecule has 1 aromatic carbocycles. The van der Waals surface area contributed by atoms with Gasteiger partial charge in [0.2, 0.25) is 0 Å². The molecule has 1 atom stereocenters. The van der Waals surface area contributed by atoms with Crippen LogP contribution in [0.15, 0.2) is 24.3 Å². The standard InChI is InChI=1S/C17H26N2O/c1-17(8-10-19(2)11-9-17)13-18-15-7-12-20-16-6-4-3-5-14(15)16/h3-6,15,18H,7-13H2,1-2H3. The predicted octanol–water partition coefficient (Wildman–Crippen LogP) is 2.83. The van der Waals surface area contributed by atoms with Gasteiger partial charge in [-0.2, -0.15) is 0 Å². The zero-order valence-electron chi connectivity index (χ0n) is 12.7. The van der Waals surface area contributed by atoms with Gasteiger partial charge in [-0.25, -0.2) is 0 Å². The Hall–Kier alpha value is -1.06. The number of ether oxygens (including phenoxy) is 1. The van der Waals surface area contributed by atoms with E-state index < -0.39 is 0 Å². The second kappa shape index (κ2) is 5.74. The van der Waals surface area contributed by atoms with E-state index in [1.807, 2.05) is 0 Å². The average molecular weight is 274 g/mol. The van der Waals surface area contributed by atoms with Gasteiger partial charge in [-0.1, -0.05) is 25.1 Å². The summed E-state index contributed by atoms with van der Waals surface area (Å²) in [5.41, 5.74) is 1.77. The highest BCUT2D eigenvalue weighted by Crippen LogP contribution is 2.34. The molecular formula is C17H26N2O. The Labute approximate surface area is 122 Å². The Morgan fingerprint density at radius 1 is 1.30 bits per heavy atom. The normalized spacial score (nSPS) is 25.8. The maximum atomic E-state index is 5.74. The van der Waals surface area contributed by atoms with Crippen LogP contribution < -0.4 is 10.1 Å². The van der Waals surface area contributed by atoms with Crippen LogP contribution in [0.2, 0.25) is 0 Å². The number of fused-ring (bicyclic) bond motifs is 1. The highest BCUT2D eigenvalue weighted by atomic mass is 16.5. The van der Waals surface area contributed by atoms with E-state index in [4.69, 9.17) is 4.74 Å². The maximum Gasteiger partial charge on any atom is 0.124 e. The highest BCUT2D eigenvalue weighted by Gasteiger charge is 2.30. The molecule has 2 aliphatic rings. The second-order valence-corrected chi connectivity index (χ2v) is 6.72. The Morgan fingerprint density at radius 2 is 2.05 bits per heavy atom. The number of hydrogen-bond acceptors (Lipinski definition) is 3. The second-order valence-electron chi connectivity index (χ2n) is 6.72. The molecule has 0 spiro atoms. The van der Waals surface area contributed by atoms with Crippen LogP contribution in [0.25, 0.3) is 0 Å². The van der Waals surface area contributed by atoms with Gasteiger partial charge in [-0.15, -0.1) is 0 Å². The lowest BCUT2D eigenvalue weighted by Crippen LogP contribution is -2.43. The third-order valence-electron chi connectivity index (χ3n) is 4.93. The van der Waals surface area contributed by atoms with Crippen molar-refractivity contribution in [3.8, 4) is 5.75 Å². The molecule has 0 aliphatic carbocycles. The molecule has 0 bridgehead atoms. The summed E-state index contributed by atoms with van der Waals surface area (Å²) in [6.45, 7) is 6.82. The first-order valence-electron chi connectivity index (χ1n) is 7.80. The molecule has 1 unspecified atom stereocenters. The number of hydrogen-bond donors (Lipinski definition) is 1. The van der Waals surface area contributed by atoms with Crippen LogP contribution >= 0.6 is 0 Å². The topological polar surface area (TPSA) is 24.5 Å². The minimum absolute atomic E-state index is 0.444. The van der Waals surface area contributed by atoms with Crippen LogP contribution in [0, 0.1) is 5.41 Å². The Kier molecular flexibility index (Phi) is 3.99. The van der Waals surface area contributed by atoms with Crippen LogP contribution in [0.1, 0.15) is 37.8 Å². The molecule has 1 aromatic rings. The highest BCUT2D eigenvalue weighted by molar-refractivity contribution is 5.37. The van der Waals surface area contributed by atoms with E-state index in [9.17, 15) is 0 Å². The number of nitrogens with one attached hydrogen (secondary N) is 1. The fourth-order valence-electron chi connectivity index (χ4n) is 3.26. The van der Waals surface area contributed by atoms with Crippen LogP contribution in [0.4, 0.5) is 0 Å². The van der Waals surface area contributed by atoms with E-state index in [0.717, 1.165) is 25.3 Å². The molecule has 1 saturated heterocycles. The number of benzene rings is 1. The van der Waals surface area contributed by atoms with Crippen LogP contribution in [-0.2, 0) is 0 Å². The number of para-hydroxylation sites is 1. The third-order valence-corrected chi connectivity index (χ3v) is 4.93. The van der Waals surface area contributed by atoms with Gasteiger partial charge in [-0.3, -0.25) is 0 Å². The quantitative estimate of drug-likeness (QED) is 0.917. The lowest BCUT2D eigenvalue weighted by molar-refractivity contribution is 0.129. The van der Waals surface area contributed by atoms with Crippen molar-refractivity contribution in [1.82, 2.24) is 10.2 Å². The number of likely N-dealkylation sites (tertiary alicyclic amines) is 1. The van der Waals surface area contributed by atoms with E-state index >= 15 is 0 Å². The molecule has 3 nitrogen and oxygen atoms in total. The molecule has 20 heavy (non-hydrogen) atoms. The first-order chi connectivity index (χ1) is 9.66. The molecule has 2 heterocycles. The lowest BCUT2D eigenvalue weighted by atomic mass is 9.80. The Morgan fingerprint density at radius 3 is 2.85 bits per heavy atom. The van der Waals surface area contributed by atoms with Crippen molar-refractivity contribution in [3.63, 3.8) is 0 Å². The summed E-state index contributed by atoms with van der Waals surface area (Å²) in [6, 6.07) is 8.90. The fraction of sp³-hybridized carbons (Fsp3) is 0.647. The summed E-state index contributed by atoms with van der Waals surface area (Å²) in [6.07, 6.45) is 3.66. The predicted molar refractivity (Wildman–Crippen MR) is 82.1 cm³/mol. The first kappa shape index (κ1) is 13.9. The van der Waals surface area contributed by atoms with Gasteiger partial charge in [0.05, 0.1) is 6.61 Å². The SMILES string of the molecule is CN1CCC(C)(CNC2CCOc3ccccc32)CC1. The van der Waals surface area contributed by atoms with Gasteiger partial charge >= 0.3 is 0 Å². The molecule has 3 heteroatoms. The average Bonchev–Trinajstić information content (AvgIpc) is 2.49. The van der Waals surface area contributed by atoms with Gasteiger partial charge in [0.1, 0.15) is 5.75 Å². The molecule has 110 valence electrons. The summed E-state index contributed by atoms with van der Waals surface area (Å²) in [4.78, 5) is 2.44. The van der Waals surface area contributed by atoms with Crippen molar-refractivity contribution in [1.29, 1.82) is 0 Å². The monoisotopic (exact) mass is 274 g/mol. The minimum atomic E-state index is 0.444. The summed E-state index contributed by atoms with van der Waals surface area (Å²) in [7, 11) is 2.22. The van der Waals surface area contributed by atoms with Crippen molar-refractivity contribution in [3.05, 3.63) is 29.8 Å².